The maximum atomic E-state index is 12.1. The van der Waals surface area contributed by atoms with E-state index in [0.717, 1.165) is 45.1 Å². The number of aliphatic carboxylic acids is 1. The first kappa shape index (κ1) is 16.1. The Bertz CT molecular complexity index is 380. The number of amides is 2. The first-order chi connectivity index (χ1) is 10.0. The van der Waals surface area contributed by atoms with Crippen LogP contribution in [-0.4, -0.2) is 41.9 Å². The normalized spacial score (nSPS) is 28.0. The van der Waals surface area contributed by atoms with Gasteiger partial charge in [0.1, 0.15) is 0 Å². The average molecular weight is 298 g/mol. The molecule has 2 atom stereocenters. The first-order valence-corrected chi connectivity index (χ1v) is 7.90. The lowest BCUT2D eigenvalue weighted by atomic mass is 9.79. The summed E-state index contributed by atoms with van der Waals surface area (Å²) >= 11 is 0. The van der Waals surface area contributed by atoms with Gasteiger partial charge in [0.15, 0.2) is 0 Å². The van der Waals surface area contributed by atoms with Crippen LogP contribution in [0.2, 0.25) is 0 Å². The number of ether oxygens (including phenoxy) is 1. The van der Waals surface area contributed by atoms with Gasteiger partial charge < -0.3 is 20.5 Å². The van der Waals surface area contributed by atoms with E-state index in [1.54, 1.807) is 0 Å². The molecule has 2 fully saturated rings. The topological polar surface area (TPSA) is 87.7 Å². The molecule has 2 aliphatic rings. The molecule has 1 saturated heterocycles. The minimum absolute atomic E-state index is 0.00334. The van der Waals surface area contributed by atoms with Gasteiger partial charge >= 0.3 is 12.0 Å². The van der Waals surface area contributed by atoms with Gasteiger partial charge in [0.05, 0.1) is 18.1 Å². The molecule has 1 aliphatic heterocycles. The number of urea groups is 1. The number of nitrogens with one attached hydrogen (secondary N) is 2. The highest BCUT2D eigenvalue weighted by Gasteiger charge is 2.36. The van der Waals surface area contributed by atoms with Gasteiger partial charge in [-0.2, -0.15) is 0 Å². The van der Waals surface area contributed by atoms with Crippen LogP contribution in [0.4, 0.5) is 4.79 Å². The fourth-order valence-corrected chi connectivity index (χ4v) is 3.42. The van der Waals surface area contributed by atoms with E-state index >= 15 is 0 Å². The molecule has 0 aromatic carbocycles. The van der Waals surface area contributed by atoms with Crippen LogP contribution in [0.1, 0.15) is 51.9 Å². The van der Waals surface area contributed by atoms with Crippen molar-refractivity contribution in [2.45, 2.75) is 63.5 Å². The van der Waals surface area contributed by atoms with Gasteiger partial charge in [0.25, 0.3) is 0 Å². The summed E-state index contributed by atoms with van der Waals surface area (Å²) in [6.45, 7) is 3.35. The first-order valence-electron chi connectivity index (χ1n) is 7.90. The number of carbonyl (C=O) groups is 2. The van der Waals surface area contributed by atoms with Crippen LogP contribution in [0.3, 0.4) is 0 Å². The maximum Gasteiger partial charge on any atom is 0.315 e. The number of hydrogen-bond acceptors (Lipinski definition) is 3. The summed E-state index contributed by atoms with van der Waals surface area (Å²) in [5.41, 5.74) is -0.577. The summed E-state index contributed by atoms with van der Waals surface area (Å²) in [6.07, 6.45) is 5.69. The fraction of sp³-hybridized carbons (Fsp3) is 0.867. The Labute approximate surface area is 125 Å². The van der Waals surface area contributed by atoms with E-state index in [4.69, 9.17) is 9.84 Å². The molecule has 1 saturated carbocycles. The summed E-state index contributed by atoms with van der Waals surface area (Å²) in [5.74, 6) is -0.507. The molecule has 0 aromatic heterocycles. The van der Waals surface area contributed by atoms with Gasteiger partial charge in [-0.1, -0.05) is 19.3 Å². The van der Waals surface area contributed by atoms with Crippen molar-refractivity contribution in [3.63, 3.8) is 0 Å². The zero-order valence-corrected chi connectivity index (χ0v) is 12.7. The minimum atomic E-state index is -0.852. The fourth-order valence-electron chi connectivity index (χ4n) is 3.42. The second-order valence-corrected chi connectivity index (χ2v) is 6.37. The van der Waals surface area contributed by atoms with E-state index in [9.17, 15) is 9.59 Å². The van der Waals surface area contributed by atoms with Crippen molar-refractivity contribution in [1.82, 2.24) is 10.6 Å². The van der Waals surface area contributed by atoms with E-state index in [-0.39, 0.29) is 18.6 Å². The Balaban J connectivity index is 1.84. The molecule has 2 rings (SSSR count). The molecule has 2 unspecified atom stereocenters. The second-order valence-electron chi connectivity index (χ2n) is 6.37. The third kappa shape index (κ3) is 4.59. The van der Waals surface area contributed by atoms with Gasteiger partial charge in [-0.15, -0.1) is 0 Å². The summed E-state index contributed by atoms with van der Waals surface area (Å²) in [5, 5.41) is 14.9. The molecule has 120 valence electrons. The highest BCUT2D eigenvalue weighted by molar-refractivity contribution is 5.76. The summed E-state index contributed by atoms with van der Waals surface area (Å²) in [7, 11) is 0. The zero-order chi connectivity index (χ0) is 15.3. The molecule has 0 aromatic rings. The Morgan fingerprint density at radius 2 is 2.00 bits per heavy atom. The number of rotatable bonds is 5. The Kier molecular flexibility index (Phi) is 5.45. The summed E-state index contributed by atoms with van der Waals surface area (Å²) in [4.78, 5) is 23.2. The SMILES string of the molecule is CC1OCCC1CNC(=O)NC1(CC(=O)O)CCCCC1. The van der Waals surface area contributed by atoms with Gasteiger partial charge in [-0.25, -0.2) is 4.79 Å². The van der Waals surface area contributed by atoms with Crippen molar-refractivity contribution >= 4 is 12.0 Å². The van der Waals surface area contributed by atoms with Crippen LogP contribution < -0.4 is 10.6 Å². The lowest BCUT2D eigenvalue weighted by molar-refractivity contribution is -0.139. The largest absolute Gasteiger partial charge is 0.481 e. The minimum Gasteiger partial charge on any atom is -0.481 e. The highest BCUT2D eigenvalue weighted by atomic mass is 16.5. The third-order valence-electron chi connectivity index (χ3n) is 4.74. The van der Waals surface area contributed by atoms with E-state index in [1.165, 1.54) is 0 Å². The zero-order valence-electron chi connectivity index (χ0n) is 12.7. The van der Waals surface area contributed by atoms with Crippen LogP contribution >= 0.6 is 0 Å². The van der Waals surface area contributed by atoms with Crippen molar-refractivity contribution in [3.05, 3.63) is 0 Å². The van der Waals surface area contributed by atoms with Crippen LogP contribution in [0.15, 0.2) is 0 Å². The standard InChI is InChI=1S/C15H26N2O4/c1-11-12(5-8-21-11)10-16-14(20)17-15(9-13(18)19)6-3-2-4-7-15/h11-12H,2-10H2,1H3,(H,18,19)(H2,16,17,20). The smallest absolute Gasteiger partial charge is 0.315 e. The molecule has 3 N–H and O–H groups in total. The predicted octanol–water partition coefficient (Wildman–Crippen LogP) is 1.89. The molecule has 1 heterocycles. The lowest BCUT2D eigenvalue weighted by Crippen LogP contribution is -2.54. The molecule has 6 nitrogen and oxygen atoms in total. The number of carbonyl (C=O) groups excluding carboxylic acids is 1. The van der Waals surface area contributed by atoms with Crippen molar-refractivity contribution in [2.75, 3.05) is 13.2 Å². The quantitative estimate of drug-likeness (QED) is 0.723. The molecule has 0 bridgehead atoms. The molecular formula is C15H26N2O4. The number of carboxylic acid groups (broad SMARTS) is 1. The van der Waals surface area contributed by atoms with Gasteiger partial charge in [-0.3, -0.25) is 4.79 Å². The second kappa shape index (κ2) is 7.11. The van der Waals surface area contributed by atoms with Gasteiger partial charge in [-0.05, 0) is 26.2 Å². The molecule has 21 heavy (non-hydrogen) atoms. The van der Waals surface area contributed by atoms with Crippen molar-refractivity contribution < 1.29 is 19.4 Å². The molecule has 6 heteroatoms. The molecule has 1 aliphatic carbocycles. The van der Waals surface area contributed by atoms with Gasteiger partial charge in [0.2, 0.25) is 0 Å². The molecule has 0 spiro atoms. The summed E-state index contributed by atoms with van der Waals surface area (Å²) in [6, 6.07) is -0.253. The van der Waals surface area contributed by atoms with E-state index in [0.29, 0.717) is 12.5 Å². The molecule has 2 amide bonds. The van der Waals surface area contributed by atoms with Crippen molar-refractivity contribution in [3.8, 4) is 0 Å². The monoisotopic (exact) mass is 298 g/mol. The van der Waals surface area contributed by atoms with E-state index in [2.05, 4.69) is 10.6 Å². The average Bonchev–Trinajstić information content (AvgIpc) is 2.82. The van der Waals surface area contributed by atoms with Crippen LogP contribution in [0, 0.1) is 5.92 Å². The van der Waals surface area contributed by atoms with Crippen LogP contribution in [-0.2, 0) is 9.53 Å². The highest BCUT2D eigenvalue weighted by Crippen LogP contribution is 2.31. The maximum absolute atomic E-state index is 12.1. The summed E-state index contributed by atoms with van der Waals surface area (Å²) < 4.78 is 5.47. The van der Waals surface area contributed by atoms with Gasteiger partial charge in [0, 0.05) is 19.1 Å². The predicted molar refractivity (Wildman–Crippen MR) is 78.1 cm³/mol. The van der Waals surface area contributed by atoms with Crippen molar-refractivity contribution in [2.24, 2.45) is 5.92 Å². The number of carboxylic acids is 1. The Hall–Kier alpha value is -1.30. The molecular weight excluding hydrogens is 272 g/mol. The van der Waals surface area contributed by atoms with E-state index < -0.39 is 11.5 Å². The lowest BCUT2D eigenvalue weighted by Gasteiger charge is -2.37. The molecule has 0 radical (unpaired) electrons. The third-order valence-corrected chi connectivity index (χ3v) is 4.74. The van der Waals surface area contributed by atoms with Crippen LogP contribution in [0.25, 0.3) is 0 Å². The van der Waals surface area contributed by atoms with Crippen LogP contribution in [0.5, 0.6) is 0 Å². The Morgan fingerprint density at radius 3 is 2.57 bits per heavy atom. The van der Waals surface area contributed by atoms with Crippen molar-refractivity contribution in [1.29, 1.82) is 0 Å². The Morgan fingerprint density at radius 1 is 1.29 bits per heavy atom. The van der Waals surface area contributed by atoms with E-state index in [1.807, 2.05) is 6.92 Å². The number of hydrogen-bond donors (Lipinski definition) is 3.